The molecule has 1 rings (SSSR count). The van der Waals surface area contributed by atoms with Gasteiger partial charge in [0.15, 0.2) is 0 Å². The highest BCUT2D eigenvalue weighted by molar-refractivity contribution is 6.31. The van der Waals surface area contributed by atoms with Crippen molar-refractivity contribution in [2.24, 2.45) is 5.92 Å². The number of amides is 1. The molecule has 0 fully saturated rings. The molecule has 1 atom stereocenters. The molecular formula is C13H16ClNO4. The van der Waals surface area contributed by atoms with Crippen molar-refractivity contribution < 1.29 is 19.8 Å². The first-order valence-corrected chi connectivity index (χ1v) is 6.20. The van der Waals surface area contributed by atoms with Crippen molar-refractivity contribution >= 4 is 23.5 Å². The molecule has 5 nitrogen and oxygen atoms in total. The molecule has 0 bridgehead atoms. The van der Waals surface area contributed by atoms with E-state index in [0.717, 1.165) is 0 Å². The van der Waals surface area contributed by atoms with Gasteiger partial charge in [-0.25, -0.2) is 0 Å². The number of carboxylic acids is 1. The van der Waals surface area contributed by atoms with Gasteiger partial charge >= 0.3 is 5.97 Å². The van der Waals surface area contributed by atoms with E-state index in [4.69, 9.17) is 16.7 Å². The van der Waals surface area contributed by atoms with E-state index in [2.05, 4.69) is 5.32 Å². The number of carbonyl (C=O) groups excluding carboxylic acids is 1. The highest BCUT2D eigenvalue weighted by Crippen LogP contribution is 2.21. The number of phenols is 1. The molecule has 1 amide bonds. The lowest BCUT2D eigenvalue weighted by molar-refractivity contribution is -0.137. The lowest BCUT2D eigenvalue weighted by Gasteiger charge is -2.20. The molecule has 1 aromatic rings. The van der Waals surface area contributed by atoms with Gasteiger partial charge in [-0.2, -0.15) is 0 Å². The van der Waals surface area contributed by atoms with Crippen LogP contribution in [0.4, 0.5) is 0 Å². The second kappa shape index (κ2) is 6.43. The predicted octanol–water partition coefficient (Wildman–Crippen LogP) is 2.27. The molecule has 0 aliphatic heterocycles. The summed E-state index contributed by atoms with van der Waals surface area (Å²) in [7, 11) is 0. The molecule has 1 aromatic carbocycles. The van der Waals surface area contributed by atoms with Gasteiger partial charge in [0.1, 0.15) is 5.75 Å². The summed E-state index contributed by atoms with van der Waals surface area (Å²) in [6.07, 6.45) is -0.176. The second-order valence-electron chi connectivity index (χ2n) is 4.58. The van der Waals surface area contributed by atoms with E-state index < -0.39 is 17.9 Å². The van der Waals surface area contributed by atoms with Gasteiger partial charge in [0.05, 0.1) is 12.0 Å². The molecular weight excluding hydrogens is 270 g/mol. The number of halogens is 1. The first-order valence-electron chi connectivity index (χ1n) is 5.82. The molecule has 0 heterocycles. The number of hydrogen-bond acceptors (Lipinski definition) is 3. The molecule has 0 radical (unpaired) electrons. The zero-order valence-electron chi connectivity index (χ0n) is 10.7. The first kappa shape index (κ1) is 15.3. The van der Waals surface area contributed by atoms with Crippen molar-refractivity contribution in [3.63, 3.8) is 0 Å². The molecule has 0 aliphatic rings. The Hall–Kier alpha value is -1.75. The van der Waals surface area contributed by atoms with Crippen molar-refractivity contribution in [2.45, 2.75) is 26.3 Å². The monoisotopic (exact) mass is 285 g/mol. The minimum Gasteiger partial charge on any atom is -0.507 e. The predicted molar refractivity (Wildman–Crippen MR) is 71.5 cm³/mol. The lowest BCUT2D eigenvalue weighted by Crippen LogP contribution is -2.40. The van der Waals surface area contributed by atoms with Gasteiger partial charge in [0.2, 0.25) is 0 Å². The number of rotatable bonds is 5. The van der Waals surface area contributed by atoms with E-state index in [1.54, 1.807) is 0 Å². The summed E-state index contributed by atoms with van der Waals surface area (Å²) in [4.78, 5) is 22.7. The highest BCUT2D eigenvalue weighted by atomic mass is 35.5. The fraction of sp³-hybridized carbons (Fsp3) is 0.385. The largest absolute Gasteiger partial charge is 0.507 e. The first-order chi connectivity index (χ1) is 8.81. The Morgan fingerprint density at radius 1 is 1.37 bits per heavy atom. The molecule has 3 N–H and O–H groups in total. The normalized spacial score (nSPS) is 12.2. The maximum absolute atomic E-state index is 12.0. The van der Waals surface area contributed by atoms with E-state index >= 15 is 0 Å². The lowest BCUT2D eigenvalue weighted by atomic mass is 10.0. The van der Waals surface area contributed by atoms with Gasteiger partial charge < -0.3 is 15.5 Å². The van der Waals surface area contributed by atoms with Gasteiger partial charge in [0.25, 0.3) is 5.91 Å². The van der Waals surface area contributed by atoms with E-state index in [1.807, 2.05) is 13.8 Å². The average molecular weight is 286 g/mol. The minimum absolute atomic E-state index is 0.0311. The molecule has 19 heavy (non-hydrogen) atoms. The number of nitrogens with one attached hydrogen (secondary N) is 1. The zero-order valence-corrected chi connectivity index (χ0v) is 11.4. The van der Waals surface area contributed by atoms with Crippen LogP contribution in [0.1, 0.15) is 30.6 Å². The van der Waals surface area contributed by atoms with Crippen LogP contribution in [0.2, 0.25) is 5.02 Å². The van der Waals surface area contributed by atoms with Crippen LogP contribution in [0.3, 0.4) is 0 Å². The Morgan fingerprint density at radius 2 is 2.00 bits per heavy atom. The average Bonchev–Trinajstić information content (AvgIpc) is 2.30. The zero-order chi connectivity index (χ0) is 14.6. The quantitative estimate of drug-likeness (QED) is 0.774. The topological polar surface area (TPSA) is 86.6 Å². The van der Waals surface area contributed by atoms with Crippen LogP contribution in [0.25, 0.3) is 0 Å². The van der Waals surface area contributed by atoms with Gasteiger partial charge in [-0.3, -0.25) is 9.59 Å². The van der Waals surface area contributed by atoms with Gasteiger partial charge in [0, 0.05) is 11.1 Å². The number of phenolic OH excluding ortho intramolecular Hbond substituents is 1. The van der Waals surface area contributed by atoms with E-state index in [9.17, 15) is 14.7 Å². The van der Waals surface area contributed by atoms with Crippen molar-refractivity contribution in [3.8, 4) is 5.75 Å². The molecule has 0 saturated heterocycles. The van der Waals surface area contributed by atoms with Crippen LogP contribution < -0.4 is 5.32 Å². The number of aliphatic carboxylic acids is 1. The summed E-state index contributed by atoms with van der Waals surface area (Å²) < 4.78 is 0. The molecule has 0 aliphatic carbocycles. The molecule has 6 heteroatoms. The molecule has 0 saturated carbocycles. The summed E-state index contributed by atoms with van der Waals surface area (Å²) in [5.41, 5.74) is 0.0311. The summed E-state index contributed by atoms with van der Waals surface area (Å²) in [5, 5.41) is 21.3. The summed E-state index contributed by atoms with van der Waals surface area (Å²) in [6, 6.07) is 3.61. The standard InChI is InChI=1S/C13H16ClNO4/c1-7(2)10(6-12(17)18)15-13(19)9-5-8(14)3-4-11(9)16/h3-5,7,10,16H,6H2,1-2H3,(H,15,19)(H,17,18). The molecule has 1 unspecified atom stereocenters. The van der Waals surface area contributed by atoms with Gasteiger partial charge in [-0.1, -0.05) is 25.4 Å². The third-order valence-corrected chi connectivity index (χ3v) is 2.95. The van der Waals surface area contributed by atoms with E-state index in [1.165, 1.54) is 18.2 Å². The Balaban J connectivity index is 2.87. The van der Waals surface area contributed by atoms with Crippen LogP contribution >= 0.6 is 11.6 Å². The number of hydrogen-bond donors (Lipinski definition) is 3. The van der Waals surface area contributed by atoms with Crippen molar-refractivity contribution in [1.29, 1.82) is 0 Å². The Kier molecular flexibility index (Phi) is 5.18. The third kappa shape index (κ3) is 4.44. The van der Waals surface area contributed by atoms with Crippen molar-refractivity contribution in [2.75, 3.05) is 0 Å². The minimum atomic E-state index is -0.991. The van der Waals surface area contributed by atoms with Crippen LogP contribution in [-0.4, -0.2) is 28.1 Å². The molecule has 0 spiro atoms. The third-order valence-electron chi connectivity index (χ3n) is 2.72. The molecule has 104 valence electrons. The number of carboxylic acid groups (broad SMARTS) is 1. The Morgan fingerprint density at radius 3 is 2.53 bits per heavy atom. The van der Waals surface area contributed by atoms with Crippen LogP contribution in [0.5, 0.6) is 5.75 Å². The number of benzene rings is 1. The van der Waals surface area contributed by atoms with Crippen LogP contribution in [0.15, 0.2) is 18.2 Å². The van der Waals surface area contributed by atoms with Gasteiger partial charge in [-0.05, 0) is 24.1 Å². The van der Waals surface area contributed by atoms with Gasteiger partial charge in [-0.15, -0.1) is 0 Å². The van der Waals surface area contributed by atoms with E-state index in [-0.39, 0.29) is 23.7 Å². The second-order valence-corrected chi connectivity index (χ2v) is 5.02. The fourth-order valence-electron chi connectivity index (χ4n) is 1.58. The SMILES string of the molecule is CC(C)C(CC(=O)O)NC(=O)c1cc(Cl)ccc1O. The maximum atomic E-state index is 12.0. The smallest absolute Gasteiger partial charge is 0.305 e. The number of aromatic hydroxyl groups is 1. The molecule has 0 aromatic heterocycles. The Bertz CT molecular complexity index is 488. The van der Waals surface area contributed by atoms with E-state index in [0.29, 0.717) is 5.02 Å². The van der Waals surface area contributed by atoms with Crippen LogP contribution in [-0.2, 0) is 4.79 Å². The fourth-order valence-corrected chi connectivity index (χ4v) is 1.75. The summed E-state index contributed by atoms with van der Waals surface area (Å²) >= 11 is 5.76. The maximum Gasteiger partial charge on any atom is 0.305 e. The highest BCUT2D eigenvalue weighted by Gasteiger charge is 2.21. The Labute approximate surface area is 116 Å². The number of carbonyl (C=O) groups is 2. The van der Waals surface area contributed by atoms with Crippen LogP contribution in [0, 0.1) is 5.92 Å². The summed E-state index contributed by atoms with van der Waals surface area (Å²) in [6.45, 7) is 3.62. The van der Waals surface area contributed by atoms with Crippen molar-refractivity contribution in [3.05, 3.63) is 28.8 Å². The summed E-state index contributed by atoms with van der Waals surface area (Å²) in [5.74, 6) is -1.77. The van der Waals surface area contributed by atoms with Crippen molar-refractivity contribution in [1.82, 2.24) is 5.32 Å².